The SMILES string of the molecule is O=C(O)c1cccc(C#Cc2ccncc2)c1-n1cccc1. The summed E-state index contributed by atoms with van der Waals surface area (Å²) in [6, 6.07) is 12.4. The maximum absolute atomic E-state index is 11.5. The lowest BCUT2D eigenvalue weighted by Crippen LogP contribution is -2.06. The Bertz CT molecular complexity index is 857. The van der Waals surface area contributed by atoms with Gasteiger partial charge in [-0.3, -0.25) is 4.98 Å². The Kier molecular flexibility index (Phi) is 3.71. The first-order chi connectivity index (χ1) is 10.8. The van der Waals surface area contributed by atoms with Crippen molar-refractivity contribution in [3.05, 3.63) is 83.9 Å². The Hall–Kier alpha value is -3.32. The van der Waals surface area contributed by atoms with Gasteiger partial charge in [-0.05, 0) is 36.4 Å². The summed E-state index contributed by atoms with van der Waals surface area (Å²) in [6.45, 7) is 0. The molecule has 0 aliphatic heterocycles. The number of aromatic nitrogens is 2. The molecule has 0 spiro atoms. The van der Waals surface area contributed by atoms with Gasteiger partial charge in [-0.15, -0.1) is 0 Å². The predicted octanol–water partition coefficient (Wildman–Crippen LogP) is 2.97. The number of carbonyl (C=O) groups is 1. The van der Waals surface area contributed by atoms with Crippen LogP contribution in [0, 0.1) is 11.8 Å². The van der Waals surface area contributed by atoms with E-state index in [0.29, 0.717) is 11.3 Å². The van der Waals surface area contributed by atoms with Crippen LogP contribution in [0.1, 0.15) is 21.5 Å². The average molecular weight is 288 g/mol. The van der Waals surface area contributed by atoms with Crippen LogP contribution in [-0.2, 0) is 0 Å². The van der Waals surface area contributed by atoms with E-state index in [-0.39, 0.29) is 5.56 Å². The van der Waals surface area contributed by atoms with Crippen molar-refractivity contribution in [3.8, 4) is 17.5 Å². The second-order valence-electron chi connectivity index (χ2n) is 4.58. The monoisotopic (exact) mass is 288 g/mol. The first kappa shape index (κ1) is 13.7. The fraction of sp³-hybridized carbons (Fsp3) is 0. The standard InChI is InChI=1S/C18H12N2O2/c21-18(22)16-5-3-4-15(17(16)20-12-1-2-13-20)7-6-14-8-10-19-11-9-14/h1-5,8-13H,(H,21,22). The molecule has 2 aromatic heterocycles. The largest absolute Gasteiger partial charge is 0.478 e. The van der Waals surface area contributed by atoms with Crippen LogP contribution in [0.15, 0.2) is 67.3 Å². The van der Waals surface area contributed by atoms with E-state index in [1.165, 1.54) is 0 Å². The third-order valence-electron chi connectivity index (χ3n) is 3.15. The molecule has 0 radical (unpaired) electrons. The maximum Gasteiger partial charge on any atom is 0.337 e. The lowest BCUT2D eigenvalue weighted by atomic mass is 10.1. The molecular weight excluding hydrogens is 276 g/mol. The van der Waals surface area contributed by atoms with Crippen molar-refractivity contribution in [1.82, 2.24) is 9.55 Å². The zero-order valence-electron chi connectivity index (χ0n) is 11.6. The molecule has 3 rings (SSSR count). The minimum absolute atomic E-state index is 0.220. The van der Waals surface area contributed by atoms with Gasteiger partial charge >= 0.3 is 5.97 Å². The number of carboxylic acids is 1. The molecule has 0 saturated carbocycles. The Morgan fingerprint density at radius 2 is 1.73 bits per heavy atom. The molecule has 0 saturated heterocycles. The summed E-state index contributed by atoms with van der Waals surface area (Å²) in [5.74, 6) is 5.11. The number of benzene rings is 1. The highest BCUT2D eigenvalue weighted by Crippen LogP contribution is 2.20. The predicted molar refractivity (Wildman–Crippen MR) is 82.9 cm³/mol. The molecule has 0 atom stereocenters. The molecule has 0 aliphatic rings. The third-order valence-corrected chi connectivity index (χ3v) is 3.15. The van der Waals surface area contributed by atoms with Gasteiger partial charge < -0.3 is 9.67 Å². The fourth-order valence-electron chi connectivity index (χ4n) is 2.15. The number of rotatable bonds is 2. The normalized spacial score (nSPS) is 9.82. The second kappa shape index (κ2) is 5.98. The lowest BCUT2D eigenvalue weighted by molar-refractivity contribution is 0.0697. The summed E-state index contributed by atoms with van der Waals surface area (Å²) in [5, 5.41) is 9.40. The average Bonchev–Trinajstić information content (AvgIpc) is 3.07. The van der Waals surface area contributed by atoms with E-state index < -0.39 is 5.97 Å². The van der Waals surface area contributed by atoms with Crippen LogP contribution in [0.4, 0.5) is 0 Å². The molecule has 0 amide bonds. The van der Waals surface area contributed by atoms with Crippen LogP contribution in [0.5, 0.6) is 0 Å². The fourth-order valence-corrected chi connectivity index (χ4v) is 2.15. The summed E-state index contributed by atoms with van der Waals surface area (Å²) < 4.78 is 1.76. The van der Waals surface area contributed by atoms with Crippen LogP contribution in [-0.4, -0.2) is 20.6 Å². The van der Waals surface area contributed by atoms with Crippen molar-refractivity contribution < 1.29 is 9.90 Å². The van der Waals surface area contributed by atoms with Gasteiger partial charge in [0.25, 0.3) is 0 Å². The van der Waals surface area contributed by atoms with Crippen LogP contribution in [0.25, 0.3) is 5.69 Å². The first-order valence-corrected chi connectivity index (χ1v) is 6.67. The number of hydrogen-bond donors (Lipinski definition) is 1. The summed E-state index contributed by atoms with van der Waals surface area (Å²) in [6.07, 6.45) is 6.95. The molecular formula is C18H12N2O2. The van der Waals surface area contributed by atoms with Crippen molar-refractivity contribution >= 4 is 5.97 Å². The number of carboxylic acid groups (broad SMARTS) is 1. The summed E-state index contributed by atoms with van der Waals surface area (Å²) >= 11 is 0. The van der Waals surface area contributed by atoms with Crippen molar-refractivity contribution in [2.75, 3.05) is 0 Å². The number of pyridine rings is 1. The lowest BCUT2D eigenvalue weighted by Gasteiger charge is -2.10. The van der Waals surface area contributed by atoms with E-state index in [9.17, 15) is 9.90 Å². The van der Waals surface area contributed by atoms with Crippen LogP contribution in [0.2, 0.25) is 0 Å². The van der Waals surface area contributed by atoms with Gasteiger partial charge in [0.05, 0.1) is 11.3 Å². The summed E-state index contributed by atoms with van der Waals surface area (Å²) in [7, 11) is 0. The molecule has 1 aromatic carbocycles. The summed E-state index contributed by atoms with van der Waals surface area (Å²) in [4.78, 5) is 15.4. The molecule has 4 heteroatoms. The van der Waals surface area contributed by atoms with Gasteiger partial charge in [0, 0.05) is 35.9 Å². The minimum atomic E-state index is -0.976. The highest BCUT2D eigenvalue weighted by atomic mass is 16.4. The zero-order valence-corrected chi connectivity index (χ0v) is 11.6. The zero-order chi connectivity index (χ0) is 15.4. The van der Waals surface area contributed by atoms with E-state index in [2.05, 4.69) is 16.8 Å². The Labute approximate surface area is 127 Å². The highest BCUT2D eigenvalue weighted by Gasteiger charge is 2.14. The molecule has 0 aliphatic carbocycles. The van der Waals surface area contributed by atoms with Crippen LogP contribution in [0.3, 0.4) is 0 Å². The van der Waals surface area contributed by atoms with Crippen LogP contribution < -0.4 is 0 Å². The molecule has 3 aromatic rings. The highest BCUT2D eigenvalue weighted by molar-refractivity contribution is 5.93. The van der Waals surface area contributed by atoms with Gasteiger partial charge in [-0.1, -0.05) is 17.9 Å². The van der Waals surface area contributed by atoms with Crippen molar-refractivity contribution in [2.45, 2.75) is 0 Å². The van der Waals surface area contributed by atoms with E-state index in [0.717, 1.165) is 5.56 Å². The van der Waals surface area contributed by atoms with Crippen molar-refractivity contribution in [1.29, 1.82) is 0 Å². The number of aromatic carboxylic acids is 1. The van der Waals surface area contributed by atoms with Crippen LogP contribution >= 0.6 is 0 Å². The Morgan fingerprint density at radius 3 is 2.41 bits per heavy atom. The molecule has 106 valence electrons. The van der Waals surface area contributed by atoms with Gasteiger partial charge in [-0.25, -0.2) is 4.79 Å². The van der Waals surface area contributed by atoms with Crippen molar-refractivity contribution in [3.63, 3.8) is 0 Å². The van der Waals surface area contributed by atoms with Gasteiger partial charge in [0.1, 0.15) is 0 Å². The Morgan fingerprint density at radius 1 is 1.00 bits per heavy atom. The van der Waals surface area contributed by atoms with Gasteiger partial charge in [0.2, 0.25) is 0 Å². The maximum atomic E-state index is 11.5. The number of hydrogen-bond acceptors (Lipinski definition) is 2. The van der Waals surface area contributed by atoms with E-state index in [4.69, 9.17) is 0 Å². The smallest absolute Gasteiger partial charge is 0.337 e. The van der Waals surface area contributed by atoms with Gasteiger partial charge in [-0.2, -0.15) is 0 Å². The Balaban J connectivity index is 2.15. The minimum Gasteiger partial charge on any atom is -0.478 e. The molecule has 0 bridgehead atoms. The molecule has 0 fully saturated rings. The molecule has 0 unspecified atom stereocenters. The molecule has 4 nitrogen and oxygen atoms in total. The topological polar surface area (TPSA) is 55.1 Å². The second-order valence-corrected chi connectivity index (χ2v) is 4.58. The third kappa shape index (κ3) is 2.74. The first-order valence-electron chi connectivity index (χ1n) is 6.67. The quantitative estimate of drug-likeness (QED) is 0.738. The van der Waals surface area contributed by atoms with E-state index in [1.54, 1.807) is 41.5 Å². The number of nitrogens with zero attached hydrogens (tertiary/aromatic N) is 2. The van der Waals surface area contributed by atoms with E-state index >= 15 is 0 Å². The molecule has 22 heavy (non-hydrogen) atoms. The molecule has 2 heterocycles. The number of para-hydroxylation sites is 1. The molecule has 1 N–H and O–H groups in total. The summed E-state index contributed by atoms with van der Waals surface area (Å²) in [5.41, 5.74) is 2.28. The van der Waals surface area contributed by atoms with Crippen molar-refractivity contribution in [2.24, 2.45) is 0 Å². The van der Waals surface area contributed by atoms with Gasteiger partial charge in [0.15, 0.2) is 0 Å². The van der Waals surface area contributed by atoms with E-state index in [1.807, 2.05) is 30.3 Å².